The molecular weight excluding hydrogens is 453 g/mol. The number of nitrogens with zero attached hydrogens (tertiary/aromatic N) is 1. The van der Waals surface area contributed by atoms with Crippen molar-refractivity contribution in [2.75, 3.05) is 11.0 Å². The molecular formula is C22H30INO3. The highest BCUT2D eigenvalue weighted by Gasteiger charge is 2.55. The van der Waals surface area contributed by atoms with Gasteiger partial charge in [-0.3, -0.25) is 9.59 Å². The number of benzene rings is 1. The summed E-state index contributed by atoms with van der Waals surface area (Å²) in [6, 6.07) is 9.86. The van der Waals surface area contributed by atoms with E-state index in [-0.39, 0.29) is 17.9 Å². The number of hydrogen-bond acceptors (Lipinski definition) is 3. The number of carbonyl (C=O) groups excluding carboxylic acids is 2. The van der Waals surface area contributed by atoms with E-state index in [2.05, 4.69) is 22.6 Å². The molecule has 1 fully saturated rings. The molecule has 1 saturated heterocycles. The van der Waals surface area contributed by atoms with Crippen LogP contribution in [0.3, 0.4) is 0 Å². The Morgan fingerprint density at radius 2 is 1.96 bits per heavy atom. The van der Waals surface area contributed by atoms with Crippen molar-refractivity contribution in [3.63, 3.8) is 0 Å². The third-order valence-corrected chi connectivity index (χ3v) is 5.60. The van der Waals surface area contributed by atoms with E-state index in [4.69, 9.17) is 4.74 Å². The average Bonchev–Trinajstić information content (AvgIpc) is 2.86. The molecule has 1 aliphatic rings. The quantitative estimate of drug-likeness (QED) is 0.249. The standard InChI is InChI=1S/C22H30INO3/c1-16(17-11-7-6-8-12-17)24-15-22(5,20(26)27-21(2,3)4)18(19(24)25)13-9-10-14-23/h6-12,16,18H,13-15H2,1-5H3/b10-9+/t16-,18?,22-/m1/s1. The number of allylic oxidation sites excluding steroid dienone is 2. The number of alkyl halides is 1. The Bertz CT molecular complexity index is 695. The number of ether oxygens (including phenoxy) is 1. The lowest BCUT2D eigenvalue weighted by Gasteiger charge is -2.31. The van der Waals surface area contributed by atoms with E-state index >= 15 is 0 Å². The molecule has 0 aromatic heterocycles. The van der Waals surface area contributed by atoms with Gasteiger partial charge >= 0.3 is 5.97 Å². The Balaban J connectivity index is 2.34. The molecule has 0 N–H and O–H groups in total. The van der Waals surface area contributed by atoms with Gasteiger partial charge in [0.2, 0.25) is 5.91 Å². The molecule has 3 atom stereocenters. The van der Waals surface area contributed by atoms with Crippen molar-refractivity contribution < 1.29 is 14.3 Å². The largest absolute Gasteiger partial charge is 0.459 e. The summed E-state index contributed by atoms with van der Waals surface area (Å²) in [4.78, 5) is 28.2. The summed E-state index contributed by atoms with van der Waals surface area (Å²) in [5, 5.41) is 0. The molecule has 27 heavy (non-hydrogen) atoms. The number of rotatable bonds is 6. The summed E-state index contributed by atoms with van der Waals surface area (Å²) in [7, 11) is 0. The van der Waals surface area contributed by atoms with Crippen LogP contribution in [0.2, 0.25) is 0 Å². The van der Waals surface area contributed by atoms with Crippen molar-refractivity contribution in [2.45, 2.75) is 52.7 Å². The fourth-order valence-corrected chi connectivity index (χ4v) is 3.87. The summed E-state index contributed by atoms with van der Waals surface area (Å²) in [5.41, 5.74) is -0.367. The van der Waals surface area contributed by atoms with E-state index in [1.165, 1.54) is 0 Å². The number of esters is 1. The van der Waals surface area contributed by atoms with Gasteiger partial charge in [0.15, 0.2) is 0 Å². The van der Waals surface area contributed by atoms with Crippen LogP contribution in [0.25, 0.3) is 0 Å². The van der Waals surface area contributed by atoms with E-state index in [9.17, 15) is 9.59 Å². The van der Waals surface area contributed by atoms with Crippen LogP contribution in [-0.4, -0.2) is 33.3 Å². The maximum Gasteiger partial charge on any atom is 0.314 e. The summed E-state index contributed by atoms with van der Waals surface area (Å²) in [5.74, 6) is -0.672. The van der Waals surface area contributed by atoms with Crippen LogP contribution >= 0.6 is 22.6 Å². The molecule has 0 saturated carbocycles. The molecule has 1 unspecified atom stereocenters. The summed E-state index contributed by atoms with van der Waals surface area (Å²) >= 11 is 2.27. The second-order valence-corrected chi connectivity index (χ2v) is 9.27. The smallest absolute Gasteiger partial charge is 0.314 e. The van der Waals surface area contributed by atoms with E-state index < -0.39 is 16.9 Å². The summed E-state index contributed by atoms with van der Waals surface area (Å²) in [6.45, 7) is 9.85. The van der Waals surface area contributed by atoms with Crippen molar-refractivity contribution >= 4 is 34.5 Å². The van der Waals surface area contributed by atoms with Crippen LogP contribution in [0, 0.1) is 11.3 Å². The Hall–Kier alpha value is -1.37. The van der Waals surface area contributed by atoms with Crippen LogP contribution in [0.1, 0.15) is 52.6 Å². The maximum absolute atomic E-state index is 13.3. The van der Waals surface area contributed by atoms with E-state index in [1.807, 2.05) is 82.0 Å². The first kappa shape index (κ1) is 21.9. The molecule has 148 valence electrons. The zero-order valence-electron chi connectivity index (χ0n) is 16.9. The lowest BCUT2D eigenvalue weighted by molar-refractivity contribution is -0.168. The van der Waals surface area contributed by atoms with Gasteiger partial charge in [0.25, 0.3) is 0 Å². The van der Waals surface area contributed by atoms with Gasteiger partial charge in [-0.05, 0) is 46.6 Å². The van der Waals surface area contributed by atoms with Gasteiger partial charge in [0.05, 0.1) is 17.4 Å². The highest BCUT2D eigenvalue weighted by atomic mass is 127. The zero-order chi connectivity index (χ0) is 20.2. The lowest BCUT2D eigenvalue weighted by atomic mass is 9.77. The molecule has 0 spiro atoms. The molecule has 1 amide bonds. The molecule has 0 aliphatic carbocycles. The Morgan fingerprint density at radius 1 is 1.33 bits per heavy atom. The maximum atomic E-state index is 13.3. The minimum Gasteiger partial charge on any atom is -0.459 e. The first-order valence-electron chi connectivity index (χ1n) is 9.40. The highest BCUT2D eigenvalue weighted by molar-refractivity contribution is 14.1. The zero-order valence-corrected chi connectivity index (χ0v) is 19.0. The second-order valence-electron chi connectivity index (χ2n) is 8.39. The van der Waals surface area contributed by atoms with E-state index in [1.54, 1.807) is 0 Å². The topological polar surface area (TPSA) is 46.6 Å². The van der Waals surface area contributed by atoms with Gasteiger partial charge in [-0.2, -0.15) is 0 Å². The summed E-state index contributed by atoms with van der Waals surface area (Å²) in [6.07, 6.45) is 4.59. The van der Waals surface area contributed by atoms with Gasteiger partial charge < -0.3 is 9.64 Å². The number of carbonyl (C=O) groups is 2. The molecule has 1 heterocycles. The third-order valence-electron chi connectivity index (χ3n) is 5.09. The van der Waals surface area contributed by atoms with Crippen molar-refractivity contribution in [3.05, 3.63) is 48.0 Å². The van der Waals surface area contributed by atoms with E-state index in [0.29, 0.717) is 13.0 Å². The fourth-order valence-electron chi connectivity index (χ4n) is 3.51. The number of hydrogen-bond donors (Lipinski definition) is 0. The second kappa shape index (κ2) is 8.76. The molecule has 1 aromatic carbocycles. The van der Waals surface area contributed by atoms with Crippen LogP contribution < -0.4 is 0 Å². The van der Waals surface area contributed by atoms with Crippen LogP contribution in [0.4, 0.5) is 0 Å². The first-order chi connectivity index (χ1) is 12.6. The molecule has 4 nitrogen and oxygen atoms in total. The first-order valence-corrected chi connectivity index (χ1v) is 10.9. The minimum absolute atomic E-state index is 0.0258. The summed E-state index contributed by atoms with van der Waals surface area (Å²) < 4.78 is 6.58. The van der Waals surface area contributed by atoms with Gasteiger partial charge in [-0.25, -0.2) is 0 Å². The van der Waals surface area contributed by atoms with Gasteiger partial charge in [-0.1, -0.05) is 65.1 Å². The van der Waals surface area contributed by atoms with Crippen molar-refractivity contribution in [1.29, 1.82) is 0 Å². The highest BCUT2D eigenvalue weighted by Crippen LogP contribution is 2.44. The monoisotopic (exact) mass is 483 g/mol. The molecule has 1 aliphatic heterocycles. The SMILES string of the molecule is C[C@H](c1ccccc1)N1C[C@@](C)(C(=O)OC(C)(C)C)C(C/C=C/CI)C1=O. The van der Waals surface area contributed by atoms with Crippen molar-refractivity contribution in [2.24, 2.45) is 11.3 Å². The Kier molecular flexibility index (Phi) is 7.11. The Morgan fingerprint density at radius 3 is 2.52 bits per heavy atom. The number of halogens is 1. The number of likely N-dealkylation sites (tertiary alicyclic amines) is 1. The minimum atomic E-state index is -0.858. The molecule has 0 radical (unpaired) electrons. The van der Waals surface area contributed by atoms with Crippen LogP contribution in [0.5, 0.6) is 0 Å². The van der Waals surface area contributed by atoms with Gasteiger partial charge in [-0.15, -0.1) is 0 Å². The van der Waals surface area contributed by atoms with Crippen molar-refractivity contribution in [3.8, 4) is 0 Å². The predicted octanol–water partition coefficient (Wildman–Crippen LogP) is 4.94. The third kappa shape index (κ3) is 5.12. The predicted molar refractivity (Wildman–Crippen MR) is 117 cm³/mol. The Labute approximate surface area is 176 Å². The normalized spacial score (nSPS) is 24.4. The van der Waals surface area contributed by atoms with Gasteiger partial charge in [0, 0.05) is 11.0 Å². The van der Waals surface area contributed by atoms with Crippen molar-refractivity contribution in [1.82, 2.24) is 4.90 Å². The fraction of sp³-hybridized carbons (Fsp3) is 0.545. The molecule has 5 heteroatoms. The van der Waals surface area contributed by atoms with Crippen LogP contribution in [0.15, 0.2) is 42.5 Å². The number of amides is 1. The average molecular weight is 483 g/mol. The molecule has 1 aromatic rings. The van der Waals surface area contributed by atoms with Gasteiger partial charge in [0.1, 0.15) is 5.60 Å². The molecule has 2 rings (SSSR count). The lowest BCUT2D eigenvalue weighted by Crippen LogP contribution is -2.41. The van der Waals surface area contributed by atoms with Crippen LogP contribution in [-0.2, 0) is 14.3 Å². The molecule has 0 bridgehead atoms. The van der Waals surface area contributed by atoms with E-state index in [0.717, 1.165) is 9.99 Å².